The van der Waals surface area contributed by atoms with Crippen molar-refractivity contribution in [3.63, 3.8) is 0 Å². The molecule has 2 heterocycles. The smallest absolute Gasteiger partial charge is 0.224 e. The molecule has 2 aromatic heterocycles. The van der Waals surface area contributed by atoms with E-state index in [0.29, 0.717) is 30.9 Å². The highest BCUT2D eigenvalue weighted by Gasteiger charge is 2.07. The van der Waals surface area contributed by atoms with E-state index in [0.717, 1.165) is 16.5 Å². The summed E-state index contributed by atoms with van der Waals surface area (Å²) in [7, 11) is 0. The monoisotopic (exact) mass is 331 g/mol. The second-order valence-corrected chi connectivity index (χ2v) is 5.45. The maximum Gasteiger partial charge on any atom is 0.224 e. The number of nitrogens with zero attached hydrogens (tertiary/aromatic N) is 3. The van der Waals surface area contributed by atoms with E-state index >= 15 is 0 Å². The Kier molecular flexibility index (Phi) is 5.17. The lowest BCUT2D eigenvalue weighted by Gasteiger charge is -2.09. The number of amides is 1. The lowest BCUT2D eigenvalue weighted by atomic mass is 10.1. The molecule has 1 amide bonds. The zero-order valence-electron chi connectivity index (χ0n) is 13.6. The Hall–Kier alpha value is -3.46. The van der Waals surface area contributed by atoms with Crippen LogP contribution in [0.1, 0.15) is 11.1 Å². The van der Waals surface area contributed by atoms with Crippen LogP contribution in [0.15, 0.2) is 54.9 Å². The number of carbonyl (C=O) groups excluding carboxylic acids is 1. The van der Waals surface area contributed by atoms with E-state index in [1.807, 2.05) is 30.3 Å². The summed E-state index contributed by atoms with van der Waals surface area (Å²) in [4.78, 5) is 20.6. The van der Waals surface area contributed by atoms with Gasteiger partial charge in [0.1, 0.15) is 11.9 Å². The first-order valence-electron chi connectivity index (χ1n) is 7.96. The minimum Gasteiger partial charge on any atom is -0.367 e. The van der Waals surface area contributed by atoms with Gasteiger partial charge in [-0.15, -0.1) is 0 Å². The summed E-state index contributed by atoms with van der Waals surface area (Å²) in [5.74, 6) is 0.471. The van der Waals surface area contributed by atoms with Gasteiger partial charge in [0.15, 0.2) is 0 Å². The molecular weight excluding hydrogens is 314 g/mol. The maximum atomic E-state index is 12.2. The van der Waals surface area contributed by atoms with E-state index in [1.54, 1.807) is 24.5 Å². The molecule has 124 valence electrons. The van der Waals surface area contributed by atoms with Crippen molar-refractivity contribution in [3.05, 3.63) is 66.0 Å². The summed E-state index contributed by atoms with van der Waals surface area (Å²) in [6, 6.07) is 15.1. The highest BCUT2D eigenvalue weighted by Crippen LogP contribution is 2.16. The number of nitriles is 1. The summed E-state index contributed by atoms with van der Waals surface area (Å²) in [6.07, 6.45) is 3.66. The van der Waals surface area contributed by atoms with Gasteiger partial charge in [0.2, 0.25) is 5.91 Å². The SMILES string of the molecule is N#Cc1cccnc1NCCNC(=O)Cc1cccc2ncccc12. The fraction of sp³-hybridized carbons (Fsp3) is 0.158. The Labute approximate surface area is 145 Å². The molecule has 3 aromatic rings. The average molecular weight is 331 g/mol. The lowest BCUT2D eigenvalue weighted by Crippen LogP contribution is -2.30. The van der Waals surface area contributed by atoms with Gasteiger partial charge in [0, 0.05) is 30.9 Å². The zero-order valence-corrected chi connectivity index (χ0v) is 13.6. The Morgan fingerprint density at radius 3 is 2.76 bits per heavy atom. The molecule has 0 bridgehead atoms. The van der Waals surface area contributed by atoms with Gasteiger partial charge in [-0.25, -0.2) is 4.98 Å². The van der Waals surface area contributed by atoms with Crippen LogP contribution in [0.2, 0.25) is 0 Å². The first kappa shape index (κ1) is 16.4. The van der Waals surface area contributed by atoms with Gasteiger partial charge in [0.05, 0.1) is 17.5 Å². The molecule has 1 aromatic carbocycles. The van der Waals surface area contributed by atoms with E-state index in [9.17, 15) is 4.79 Å². The number of fused-ring (bicyclic) bond motifs is 1. The van der Waals surface area contributed by atoms with Crippen LogP contribution < -0.4 is 10.6 Å². The van der Waals surface area contributed by atoms with Crippen LogP contribution >= 0.6 is 0 Å². The Balaban J connectivity index is 1.52. The van der Waals surface area contributed by atoms with Gasteiger partial charge in [-0.2, -0.15) is 5.26 Å². The molecule has 0 aliphatic heterocycles. The number of anilines is 1. The van der Waals surface area contributed by atoms with E-state index in [-0.39, 0.29) is 5.91 Å². The van der Waals surface area contributed by atoms with Crippen LogP contribution in [-0.2, 0) is 11.2 Å². The van der Waals surface area contributed by atoms with Gasteiger partial charge in [-0.3, -0.25) is 9.78 Å². The van der Waals surface area contributed by atoms with Crippen molar-refractivity contribution in [2.24, 2.45) is 0 Å². The second-order valence-electron chi connectivity index (χ2n) is 5.45. The summed E-state index contributed by atoms with van der Waals surface area (Å²) in [5.41, 5.74) is 2.32. The summed E-state index contributed by atoms with van der Waals surface area (Å²) in [5, 5.41) is 15.9. The third-order valence-electron chi connectivity index (χ3n) is 3.75. The van der Waals surface area contributed by atoms with Gasteiger partial charge in [0.25, 0.3) is 0 Å². The van der Waals surface area contributed by atoms with Crippen LogP contribution in [0, 0.1) is 11.3 Å². The largest absolute Gasteiger partial charge is 0.367 e. The number of nitrogens with one attached hydrogen (secondary N) is 2. The number of benzene rings is 1. The number of carbonyl (C=O) groups is 1. The normalized spacial score (nSPS) is 10.2. The van der Waals surface area contributed by atoms with Crippen LogP contribution in [0.4, 0.5) is 5.82 Å². The number of hydrogen-bond acceptors (Lipinski definition) is 5. The van der Waals surface area contributed by atoms with Crippen molar-refractivity contribution in [1.82, 2.24) is 15.3 Å². The van der Waals surface area contributed by atoms with Crippen LogP contribution in [0.25, 0.3) is 10.9 Å². The number of aromatic nitrogens is 2. The van der Waals surface area contributed by atoms with Gasteiger partial charge in [-0.1, -0.05) is 18.2 Å². The Morgan fingerprint density at radius 1 is 1.04 bits per heavy atom. The number of rotatable bonds is 6. The molecule has 0 unspecified atom stereocenters. The Morgan fingerprint density at radius 2 is 1.88 bits per heavy atom. The lowest BCUT2D eigenvalue weighted by molar-refractivity contribution is -0.120. The summed E-state index contributed by atoms with van der Waals surface area (Å²) >= 11 is 0. The molecule has 0 aliphatic rings. The zero-order chi connectivity index (χ0) is 17.5. The maximum absolute atomic E-state index is 12.2. The van der Waals surface area contributed by atoms with Crippen molar-refractivity contribution in [2.45, 2.75) is 6.42 Å². The molecule has 0 atom stereocenters. The fourth-order valence-corrected chi connectivity index (χ4v) is 2.58. The molecule has 0 fully saturated rings. The van der Waals surface area contributed by atoms with Gasteiger partial charge in [-0.05, 0) is 29.8 Å². The topological polar surface area (TPSA) is 90.7 Å². The molecule has 0 radical (unpaired) electrons. The van der Waals surface area contributed by atoms with Crippen molar-refractivity contribution < 1.29 is 4.79 Å². The standard InChI is InChI=1S/C19H17N5O/c20-13-15-5-2-9-23-19(15)24-11-10-22-18(25)12-14-4-1-7-17-16(14)6-3-8-21-17/h1-9H,10-12H2,(H,22,25)(H,23,24). The summed E-state index contributed by atoms with van der Waals surface area (Å²) < 4.78 is 0. The average Bonchev–Trinajstić information content (AvgIpc) is 2.66. The van der Waals surface area contributed by atoms with E-state index < -0.39 is 0 Å². The molecular formula is C19H17N5O. The molecule has 3 rings (SSSR count). The van der Waals surface area contributed by atoms with Crippen molar-refractivity contribution >= 4 is 22.6 Å². The molecule has 0 spiro atoms. The molecule has 0 saturated heterocycles. The Bertz CT molecular complexity index is 927. The fourth-order valence-electron chi connectivity index (χ4n) is 2.58. The van der Waals surface area contributed by atoms with Crippen LogP contribution in [0.5, 0.6) is 0 Å². The van der Waals surface area contributed by atoms with E-state index in [2.05, 4.69) is 26.7 Å². The van der Waals surface area contributed by atoms with Gasteiger partial charge < -0.3 is 10.6 Å². The van der Waals surface area contributed by atoms with E-state index in [4.69, 9.17) is 5.26 Å². The van der Waals surface area contributed by atoms with Crippen LogP contribution in [-0.4, -0.2) is 29.0 Å². The molecule has 25 heavy (non-hydrogen) atoms. The van der Waals surface area contributed by atoms with E-state index in [1.165, 1.54) is 0 Å². The van der Waals surface area contributed by atoms with Crippen molar-refractivity contribution in [3.8, 4) is 6.07 Å². The molecule has 6 nitrogen and oxygen atoms in total. The minimum atomic E-state index is -0.0559. The summed E-state index contributed by atoms with van der Waals surface area (Å²) in [6.45, 7) is 0.942. The minimum absolute atomic E-state index is 0.0559. The predicted octanol–water partition coefficient (Wildman–Crippen LogP) is 2.27. The number of pyridine rings is 2. The third kappa shape index (κ3) is 4.09. The van der Waals surface area contributed by atoms with Crippen LogP contribution in [0.3, 0.4) is 0 Å². The molecule has 6 heteroatoms. The van der Waals surface area contributed by atoms with Gasteiger partial charge >= 0.3 is 0 Å². The van der Waals surface area contributed by atoms with Crippen molar-refractivity contribution in [1.29, 1.82) is 5.26 Å². The number of hydrogen-bond donors (Lipinski definition) is 2. The highest BCUT2D eigenvalue weighted by atomic mass is 16.1. The first-order valence-corrected chi connectivity index (χ1v) is 7.96. The molecule has 2 N–H and O–H groups in total. The first-order chi connectivity index (χ1) is 12.3. The second kappa shape index (κ2) is 7.88. The quantitative estimate of drug-likeness (QED) is 0.676. The van der Waals surface area contributed by atoms with Crippen molar-refractivity contribution in [2.75, 3.05) is 18.4 Å². The molecule has 0 aliphatic carbocycles. The third-order valence-corrected chi connectivity index (χ3v) is 3.75. The predicted molar refractivity (Wildman–Crippen MR) is 95.9 cm³/mol. The highest BCUT2D eigenvalue weighted by molar-refractivity contribution is 5.88. The molecule has 0 saturated carbocycles.